The Morgan fingerprint density at radius 3 is 2.19 bits per heavy atom. The zero-order valence-corrected chi connectivity index (χ0v) is 11.5. The van der Waals surface area contributed by atoms with Crippen LogP contribution in [0.15, 0.2) is 0 Å². The molecule has 16 heavy (non-hydrogen) atoms. The zero-order chi connectivity index (χ0) is 12.0. The van der Waals surface area contributed by atoms with Crippen LogP contribution >= 0.6 is 0 Å². The summed E-state index contributed by atoms with van der Waals surface area (Å²) >= 11 is 0. The van der Waals surface area contributed by atoms with E-state index in [1.165, 1.54) is 6.42 Å². The van der Waals surface area contributed by atoms with Gasteiger partial charge in [-0.2, -0.15) is 0 Å². The molecule has 0 amide bonds. The molecule has 0 aromatic rings. The standard InChI is InChI=1S/C11H22O4Si/c1-4-16(13-2,14-3)15-11(12)10-8-6-5-7-9-10/h10H,4-9H2,1-3H3. The molecule has 0 aromatic carbocycles. The van der Waals surface area contributed by atoms with Crippen LogP contribution in [-0.4, -0.2) is 29.0 Å². The summed E-state index contributed by atoms with van der Waals surface area (Å²) in [5.74, 6) is -0.0746. The maximum atomic E-state index is 11.9. The van der Waals surface area contributed by atoms with Crippen LogP contribution in [0.3, 0.4) is 0 Å². The van der Waals surface area contributed by atoms with Crippen LogP contribution in [0.5, 0.6) is 0 Å². The molecular formula is C11H22O4Si. The van der Waals surface area contributed by atoms with E-state index in [1.54, 1.807) is 14.2 Å². The van der Waals surface area contributed by atoms with Gasteiger partial charge in [0.1, 0.15) is 0 Å². The minimum Gasteiger partial charge on any atom is -0.473 e. The van der Waals surface area contributed by atoms with Crippen molar-refractivity contribution in [3.8, 4) is 0 Å². The fourth-order valence-corrected chi connectivity index (χ4v) is 3.63. The molecule has 0 bridgehead atoms. The summed E-state index contributed by atoms with van der Waals surface area (Å²) in [6.45, 7) is 1.92. The Balaban J connectivity index is 2.53. The minimum atomic E-state index is -2.71. The van der Waals surface area contributed by atoms with Crippen molar-refractivity contribution in [3.05, 3.63) is 0 Å². The summed E-state index contributed by atoms with van der Waals surface area (Å²) in [5, 5.41) is 0. The zero-order valence-electron chi connectivity index (χ0n) is 10.5. The SMILES string of the molecule is CC[Si](OC)(OC)OC(=O)C1CCCCC1. The Morgan fingerprint density at radius 2 is 1.75 bits per heavy atom. The number of rotatable bonds is 5. The normalized spacial score (nSPS) is 18.4. The summed E-state index contributed by atoms with van der Waals surface area (Å²) in [5.41, 5.74) is 0. The van der Waals surface area contributed by atoms with E-state index in [1.807, 2.05) is 6.92 Å². The highest BCUT2D eigenvalue weighted by atomic mass is 28.4. The molecule has 1 fully saturated rings. The van der Waals surface area contributed by atoms with E-state index in [9.17, 15) is 4.79 Å². The summed E-state index contributed by atoms with van der Waals surface area (Å²) in [4.78, 5) is 11.9. The second-order valence-electron chi connectivity index (χ2n) is 4.20. The van der Waals surface area contributed by atoms with Crippen LogP contribution in [0.2, 0.25) is 6.04 Å². The monoisotopic (exact) mass is 246 g/mol. The van der Waals surface area contributed by atoms with E-state index in [2.05, 4.69) is 0 Å². The highest BCUT2D eigenvalue weighted by Gasteiger charge is 2.42. The molecule has 1 aliphatic rings. The summed E-state index contributed by atoms with van der Waals surface area (Å²) in [7, 11) is 0.384. The average molecular weight is 246 g/mol. The fraction of sp³-hybridized carbons (Fsp3) is 0.909. The van der Waals surface area contributed by atoms with Gasteiger partial charge in [0, 0.05) is 20.3 Å². The number of carbonyl (C=O) groups excluding carboxylic acids is 1. The van der Waals surface area contributed by atoms with Crippen LogP contribution in [0.25, 0.3) is 0 Å². The molecule has 4 nitrogen and oxygen atoms in total. The lowest BCUT2D eigenvalue weighted by molar-refractivity contribution is -0.144. The van der Waals surface area contributed by atoms with Crippen LogP contribution in [0.4, 0.5) is 0 Å². The second kappa shape index (κ2) is 6.37. The molecule has 0 aliphatic heterocycles. The quantitative estimate of drug-likeness (QED) is 0.699. The van der Waals surface area contributed by atoms with E-state index in [-0.39, 0.29) is 11.9 Å². The molecule has 0 aromatic heterocycles. The maximum absolute atomic E-state index is 11.9. The van der Waals surface area contributed by atoms with Crippen molar-refractivity contribution in [1.29, 1.82) is 0 Å². The lowest BCUT2D eigenvalue weighted by Gasteiger charge is -2.28. The molecule has 94 valence electrons. The third kappa shape index (κ3) is 3.30. The molecule has 1 rings (SSSR count). The van der Waals surface area contributed by atoms with E-state index < -0.39 is 8.80 Å². The number of carbonyl (C=O) groups is 1. The van der Waals surface area contributed by atoms with Crippen molar-refractivity contribution in [3.63, 3.8) is 0 Å². The van der Waals surface area contributed by atoms with Gasteiger partial charge in [-0.25, -0.2) is 0 Å². The molecule has 0 saturated heterocycles. The first-order valence-electron chi connectivity index (χ1n) is 6.00. The molecule has 0 N–H and O–H groups in total. The van der Waals surface area contributed by atoms with Crippen LogP contribution in [0, 0.1) is 5.92 Å². The summed E-state index contributed by atoms with van der Waals surface area (Å²) in [6.07, 6.45) is 5.37. The van der Waals surface area contributed by atoms with Crippen LogP contribution < -0.4 is 0 Å². The van der Waals surface area contributed by atoms with Gasteiger partial charge in [0.2, 0.25) is 0 Å². The van der Waals surface area contributed by atoms with E-state index in [4.69, 9.17) is 13.3 Å². The Labute approximate surface area is 98.6 Å². The van der Waals surface area contributed by atoms with Crippen molar-refractivity contribution in [2.24, 2.45) is 5.92 Å². The third-order valence-corrected chi connectivity index (χ3v) is 5.87. The van der Waals surface area contributed by atoms with Crippen molar-refractivity contribution >= 4 is 14.8 Å². The van der Waals surface area contributed by atoms with Crippen LogP contribution in [0.1, 0.15) is 39.0 Å². The van der Waals surface area contributed by atoms with E-state index >= 15 is 0 Å². The number of hydrogen-bond donors (Lipinski definition) is 0. The molecule has 1 aliphatic carbocycles. The second-order valence-corrected chi connectivity index (χ2v) is 7.29. The largest absolute Gasteiger partial charge is 0.567 e. The average Bonchev–Trinajstić information content (AvgIpc) is 2.37. The topological polar surface area (TPSA) is 44.8 Å². The van der Waals surface area contributed by atoms with Crippen molar-refractivity contribution < 1.29 is 18.1 Å². The predicted octanol–water partition coefficient (Wildman–Crippen LogP) is 2.36. The Hall–Kier alpha value is -0.393. The molecular weight excluding hydrogens is 224 g/mol. The van der Waals surface area contributed by atoms with Gasteiger partial charge in [-0.15, -0.1) is 0 Å². The molecule has 0 radical (unpaired) electrons. The van der Waals surface area contributed by atoms with Gasteiger partial charge in [-0.1, -0.05) is 26.2 Å². The molecule has 5 heteroatoms. The maximum Gasteiger partial charge on any atom is 0.567 e. The van der Waals surface area contributed by atoms with Gasteiger partial charge in [0.05, 0.1) is 5.92 Å². The Morgan fingerprint density at radius 1 is 1.19 bits per heavy atom. The first-order chi connectivity index (χ1) is 7.67. The van der Waals surface area contributed by atoms with Crippen LogP contribution in [-0.2, 0) is 18.1 Å². The minimum absolute atomic E-state index is 0.0532. The molecule has 0 atom stereocenters. The van der Waals surface area contributed by atoms with Gasteiger partial charge < -0.3 is 13.3 Å². The van der Waals surface area contributed by atoms with E-state index in [0.29, 0.717) is 6.04 Å². The molecule has 0 unspecified atom stereocenters. The highest BCUT2D eigenvalue weighted by Crippen LogP contribution is 2.26. The van der Waals surface area contributed by atoms with Gasteiger partial charge in [-0.05, 0) is 12.8 Å². The Kier molecular flexibility index (Phi) is 5.44. The van der Waals surface area contributed by atoms with Crippen molar-refractivity contribution in [2.45, 2.75) is 45.1 Å². The molecule has 0 heterocycles. The lowest BCUT2D eigenvalue weighted by atomic mass is 9.90. The van der Waals surface area contributed by atoms with Gasteiger partial charge in [-0.3, -0.25) is 4.79 Å². The summed E-state index contributed by atoms with van der Waals surface area (Å²) in [6, 6.07) is 0.623. The van der Waals surface area contributed by atoms with Gasteiger partial charge >= 0.3 is 8.80 Å². The predicted molar refractivity (Wildman–Crippen MR) is 62.9 cm³/mol. The fourth-order valence-electron chi connectivity index (χ4n) is 2.10. The first kappa shape index (κ1) is 13.7. The molecule has 1 saturated carbocycles. The van der Waals surface area contributed by atoms with Gasteiger partial charge in [0.25, 0.3) is 5.97 Å². The third-order valence-electron chi connectivity index (χ3n) is 3.25. The smallest absolute Gasteiger partial charge is 0.473 e. The summed E-state index contributed by atoms with van der Waals surface area (Å²) < 4.78 is 16.0. The number of hydrogen-bond acceptors (Lipinski definition) is 4. The lowest BCUT2D eigenvalue weighted by Crippen LogP contribution is -2.46. The van der Waals surface area contributed by atoms with E-state index in [0.717, 1.165) is 25.7 Å². The highest BCUT2D eigenvalue weighted by molar-refractivity contribution is 6.62. The molecule has 0 spiro atoms. The van der Waals surface area contributed by atoms with Gasteiger partial charge in [0.15, 0.2) is 0 Å². The van der Waals surface area contributed by atoms with Crippen molar-refractivity contribution in [2.75, 3.05) is 14.2 Å². The Bertz CT molecular complexity index is 214. The first-order valence-corrected chi connectivity index (χ1v) is 7.93. The van der Waals surface area contributed by atoms with Crippen molar-refractivity contribution in [1.82, 2.24) is 0 Å².